The Balaban J connectivity index is 1.86. The smallest absolute Gasteiger partial charge is 0.260 e. The lowest BCUT2D eigenvalue weighted by Crippen LogP contribution is -2.41. The van der Waals surface area contributed by atoms with Gasteiger partial charge in [0, 0.05) is 12.1 Å². The molecule has 0 aromatic heterocycles. The molecule has 0 bridgehead atoms. The van der Waals surface area contributed by atoms with Crippen molar-refractivity contribution in [1.29, 1.82) is 0 Å². The molecular formula is C16H24N2O2. The third-order valence-electron chi connectivity index (χ3n) is 3.79. The fourth-order valence-corrected chi connectivity index (χ4v) is 2.50. The Morgan fingerprint density at radius 2 is 1.85 bits per heavy atom. The third-order valence-corrected chi connectivity index (χ3v) is 3.79. The number of ether oxygens (including phenoxy) is 1. The molecule has 0 spiro atoms. The first kappa shape index (κ1) is 14.9. The monoisotopic (exact) mass is 276 g/mol. The first-order chi connectivity index (χ1) is 9.56. The molecule has 1 fully saturated rings. The highest BCUT2D eigenvalue weighted by Gasteiger charge is 2.21. The van der Waals surface area contributed by atoms with Crippen LogP contribution in [0.4, 0.5) is 0 Å². The van der Waals surface area contributed by atoms with Crippen LogP contribution in [0.1, 0.15) is 51.1 Å². The maximum absolute atomic E-state index is 12.0. The second-order valence-electron chi connectivity index (χ2n) is 5.61. The van der Waals surface area contributed by atoms with Gasteiger partial charge in [-0.05, 0) is 44.4 Å². The molecule has 4 heteroatoms. The Morgan fingerprint density at radius 1 is 1.25 bits per heavy atom. The van der Waals surface area contributed by atoms with Crippen molar-refractivity contribution in [3.8, 4) is 5.75 Å². The summed E-state index contributed by atoms with van der Waals surface area (Å²) in [5.41, 5.74) is 6.86. The summed E-state index contributed by atoms with van der Waals surface area (Å²) in [7, 11) is 0. The summed E-state index contributed by atoms with van der Waals surface area (Å²) in [6.45, 7) is 3.72. The predicted octanol–water partition coefficient (Wildman–Crippen LogP) is 2.53. The van der Waals surface area contributed by atoms with Gasteiger partial charge in [-0.25, -0.2) is 0 Å². The molecule has 20 heavy (non-hydrogen) atoms. The van der Waals surface area contributed by atoms with E-state index in [2.05, 4.69) is 5.32 Å². The van der Waals surface area contributed by atoms with Gasteiger partial charge < -0.3 is 15.8 Å². The summed E-state index contributed by atoms with van der Waals surface area (Å²) in [4.78, 5) is 12.0. The van der Waals surface area contributed by atoms with E-state index < -0.39 is 6.10 Å². The topological polar surface area (TPSA) is 64.3 Å². The largest absolute Gasteiger partial charge is 0.481 e. The molecule has 2 rings (SSSR count). The number of carbonyl (C=O) groups is 1. The van der Waals surface area contributed by atoms with E-state index in [0.717, 1.165) is 18.4 Å². The molecule has 1 saturated carbocycles. The Morgan fingerprint density at radius 3 is 2.40 bits per heavy atom. The first-order valence-corrected chi connectivity index (χ1v) is 7.39. The van der Waals surface area contributed by atoms with Crippen molar-refractivity contribution in [3.63, 3.8) is 0 Å². The maximum Gasteiger partial charge on any atom is 0.260 e. The molecule has 0 radical (unpaired) electrons. The second-order valence-corrected chi connectivity index (χ2v) is 5.61. The van der Waals surface area contributed by atoms with E-state index in [0.29, 0.717) is 11.8 Å². The standard InChI is InChI=1S/C16H24N2O2/c1-11(17)13-7-9-15(10-8-13)20-12(2)16(19)18-14-5-3-4-6-14/h7-12,14H,3-6,17H2,1-2H3,(H,18,19)/t11-,12?/m0/s1. The van der Waals surface area contributed by atoms with Crippen molar-refractivity contribution < 1.29 is 9.53 Å². The lowest BCUT2D eigenvalue weighted by molar-refractivity contribution is -0.127. The van der Waals surface area contributed by atoms with Gasteiger partial charge in [-0.2, -0.15) is 0 Å². The van der Waals surface area contributed by atoms with E-state index in [1.807, 2.05) is 31.2 Å². The van der Waals surface area contributed by atoms with Crippen molar-refractivity contribution in [2.75, 3.05) is 0 Å². The summed E-state index contributed by atoms with van der Waals surface area (Å²) in [6, 6.07) is 7.92. The van der Waals surface area contributed by atoms with E-state index in [4.69, 9.17) is 10.5 Å². The quantitative estimate of drug-likeness (QED) is 0.868. The molecule has 1 unspecified atom stereocenters. The molecule has 3 N–H and O–H groups in total. The maximum atomic E-state index is 12.0. The average molecular weight is 276 g/mol. The van der Waals surface area contributed by atoms with Gasteiger partial charge in [0.15, 0.2) is 6.10 Å². The van der Waals surface area contributed by atoms with Crippen molar-refractivity contribution in [2.24, 2.45) is 5.73 Å². The van der Waals surface area contributed by atoms with E-state index in [-0.39, 0.29) is 11.9 Å². The van der Waals surface area contributed by atoms with Crippen LogP contribution in [0.2, 0.25) is 0 Å². The van der Waals surface area contributed by atoms with Crippen molar-refractivity contribution in [1.82, 2.24) is 5.32 Å². The summed E-state index contributed by atoms with van der Waals surface area (Å²) >= 11 is 0. The van der Waals surface area contributed by atoms with Gasteiger partial charge in [-0.15, -0.1) is 0 Å². The number of amides is 1. The molecule has 1 aliphatic rings. The van der Waals surface area contributed by atoms with Crippen LogP contribution >= 0.6 is 0 Å². The van der Waals surface area contributed by atoms with E-state index in [9.17, 15) is 4.79 Å². The highest BCUT2D eigenvalue weighted by Crippen LogP contribution is 2.19. The summed E-state index contributed by atoms with van der Waals surface area (Å²) in [5, 5.41) is 3.04. The minimum atomic E-state index is -0.475. The zero-order valence-electron chi connectivity index (χ0n) is 12.3. The number of hydrogen-bond acceptors (Lipinski definition) is 3. The highest BCUT2D eigenvalue weighted by molar-refractivity contribution is 5.81. The molecule has 1 aromatic rings. The lowest BCUT2D eigenvalue weighted by Gasteiger charge is -2.18. The van der Waals surface area contributed by atoms with E-state index in [1.165, 1.54) is 12.8 Å². The molecule has 110 valence electrons. The SMILES string of the molecule is CC(Oc1ccc([C@H](C)N)cc1)C(=O)NC1CCCC1. The number of hydrogen-bond donors (Lipinski definition) is 2. The molecular weight excluding hydrogens is 252 g/mol. The zero-order valence-corrected chi connectivity index (χ0v) is 12.3. The minimum Gasteiger partial charge on any atom is -0.481 e. The lowest BCUT2D eigenvalue weighted by atomic mass is 10.1. The number of nitrogens with one attached hydrogen (secondary N) is 1. The van der Waals surface area contributed by atoms with Crippen LogP contribution in [0.15, 0.2) is 24.3 Å². The van der Waals surface area contributed by atoms with Crippen LogP contribution < -0.4 is 15.8 Å². The fourth-order valence-electron chi connectivity index (χ4n) is 2.50. The van der Waals surface area contributed by atoms with E-state index in [1.54, 1.807) is 6.92 Å². The van der Waals surface area contributed by atoms with Gasteiger partial charge >= 0.3 is 0 Å². The Labute approximate surface area is 120 Å². The van der Waals surface area contributed by atoms with Crippen molar-refractivity contribution in [3.05, 3.63) is 29.8 Å². The molecule has 4 nitrogen and oxygen atoms in total. The van der Waals surface area contributed by atoms with Crippen LogP contribution in [0.3, 0.4) is 0 Å². The molecule has 0 aliphatic heterocycles. The van der Waals surface area contributed by atoms with Crippen LogP contribution in [-0.4, -0.2) is 18.1 Å². The number of rotatable bonds is 5. The molecule has 0 saturated heterocycles. The van der Waals surface area contributed by atoms with Gasteiger partial charge in [0.25, 0.3) is 5.91 Å². The molecule has 0 heterocycles. The zero-order chi connectivity index (χ0) is 14.5. The number of carbonyl (C=O) groups excluding carboxylic acids is 1. The van der Waals surface area contributed by atoms with Crippen molar-refractivity contribution in [2.45, 2.75) is 57.7 Å². The first-order valence-electron chi connectivity index (χ1n) is 7.39. The van der Waals surface area contributed by atoms with Gasteiger partial charge in [0.2, 0.25) is 0 Å². The van der Waals surface area contributed by atoms with Gasteiger partial charge in [0.05, 0.1) is 0 Å². The van der Waals surface area contributed by atoms with E-state index >= 15 is 0 Å². The molecule has 1 amide bonds. The minimum absolute atomic E-state index is 0.00661. The Bertz CT molecular complexity index is 436. The Hall–Kier alpha value is -1.55. The van der Waals surface area contributed by atoms with Crippen LogP contribution in [0.5, 0.6) is 5.75 Å². The van der Waals surface area contributed by atoms with Crippen LogP contribution in [0, 0.1) is 0 Å². The number of benzene rings is 1. The van der Waals surface area contributed by atoms with Gasteiger partial charge in [-0.3, -0.25) is 4.79 Å². The van der Waals surface area contributed by atoms with Crippen molar-refractivity contribution >= 4 is 5.91 Å². The van der Waals surface area contributed by atoms with Gasteiger partial charge in [0.1, 0.15) is 5.75 Å². The third kappa shape index (κ3) is 3.97. The summed E-state index contributed by atoms with van der Waals surface area (Å²) in [5.74, 6) is 0.664. The predicted molar refractivity (Wildman–Crippen MR) is 79.5 cm³/mol. The summed E-state index contributed by atoms with van der Waals surface area (Å²) < 4.78 is 5.67. The Kier molecular flexibility index (Phi) is 5.01. The highest BCUT2D eigenvalue weighted by atomic mass is 16.5. The van der Waals surface area contributed by atoms with Gasteiger partial charge in [-0.1, -0.05) is 25.0 Å². The fraction of sp³-hybridized carbons (Fsp3) is 0.562. The molecule has 2 atom stereocenters. The number of nitrogens with two attached hydrogens (primary N) is 1. The average Bonchev–Trinajstić information content (AvgIpc) is 2.92. The van der Waals surface area contributed by atoms with Crippen LogP contribution in [-0.2, 0) is 4.79 Å². The molecule has 1 aliphatic carbocycles. The summed E-state index contributed by atoms with van der Waals surface area (Å²) in [6.07, 6.45) is 4.11. The second kappa shape index (κ2) is 6.75. The molecule has 1 aromatic carbocycles. The van der Waals surface area contributed by atoms with Crippen LogP contribution in [0.25, 0.3) is 0 Å². The normalized spacial score (nSPS) is 18.6.